The second-order valence-electron chi connectivity index (χ2n) is 4.92. The zero-order valence-electron chi connectivity index (χ0n) is 11.7. The number of hydrogen-bond acceptors (Lipinski definition) is 5. The van der Waals surface area contributed by atoms with Gasteiger partial charge in [0.05, 0.1) is 6.61 Å². The Morgan fingerprint density at radius 3 is 2.84 bits per heavy atom. The van der Waals surface area contributed by atoms with Crippen molar-refractivity contribution < 1.29 is 4.74 Å². The normalized spacial score (nSPS) is 15.7. The van der Waals surface area contributed by atoms with Crippen LogP contribution in [-0.4, -0.2) is 35.7 Å². The molecule has 1 fully saturated rings. The van der Waals surface area contributed by atoms with E-state index >= 15 is 0 Å². The van der Waals surface area contributed by atoms with E-state index in [9.17, 15) is 0 Å². The smallest absolute Gasteiger partial charge is 0.218 e. The standard InChI is InChI=1S/C14H24N4O/c1-2-19-14-10-13(16-11-17-14)18(9-5-8-15)12-6-3-4-7-12/h10-12H,2-9,15H2,1H3. The summed E-state index contributed by atoms with van der Waals surface area (Å²) in [6.07, 6.45) is 7.70. The first-order valence-corrected chi connectivity index (χ1v) is 7.26. The van der Waals surface area contributed by atoms with Gasteiger partial charge in [-0.05, 0) is 32.7 Å². The van der Waals surface area contributed by atoms with Crippen LogP contribution in [0.15, 0.2) is 12.4 Å². The van der Waals surface area contributed by atoms with Crippen molar-refractivity contribution in [2.24, 2.45) is 5.73 Å². The van der Waals surface area contributed by atoms with Crippen molar-refractivity contribution >= 4 is 5.82 Å². The third-order valence-electron chi connectivity index (χ3n) is 3.58. The molecular weight excluding hydrogens is 240 g/mol. The molecule has 0 atom stereocenters. The SMILES string of the molecule is CCOc1cc(N(CCCN)C2CCCC2)ncn1. The van der Waals surface area contributed by atoms with E-state index in [4.69, 9.17) is 10.5 Å². The molecule has 2 rings (SSSR count). The number of aromatic nitrogens is 2. The molecule has 2 N–H and O–H groups in total. The average molecular weight is 264 g/mol. The second kappa shape index (κ2) is 7.28. The summed E-state index contributed by atoms with van der Waals surface area (Å²) in [7, 11) is 0. The molecule has 0 saturated heterocycles. The Balaban J connectivity index is 2.13. The molecule has 0 aliphatic heterocycles. The quantitative estimate of drug-likeness (QED) is 0.815. The Hall–Kier alpha value is -1.36. The molecule has 1 saturated carbocycles. The number of rotatable bonds is 7. The first-order chi connectivity index (χ1) is 9.35. The monoisotopic (exact) mass is 264 g/mol. The van der Waals surface area contributed by atoms with Gasteiger partial charge in [0.15, 0.2) is 0 Å². The molecule has 0 bridgehead atoms. The van der Waals surface area contributed by atoms with E-state index in [1.165, 1.54) is 25.7 Å². The van der Waals surface area contributed by atoms with Crippen LogP contribution < -0.4 is 15.4 Å². The molecule has 5 nitrogen and oxygen atoms in total. The van der Waals surface area contributed by atoms with Gasteiger partial charge in [-0.2, -0.15) is 0 Å². The van der Waals surface area contributed by atoms with E-state index in [1.54, 1.807) is 6.33 Å². The minimum absolute atomic E-state index is 0.593. The van der Waals surface area contributed by atoms with Crippen LogP contribution in [0.4, 0.5) is 5.82 Å². The van der Waals surface area contributed by atoms with Gasteiger partial charge >= 0.3 is 0 Å². The molecule has 1 aromatic heterocycles. The molecule has 1 aliphatic rings. The fraction of sp³-hybridized carbons (Fsp3) is 0.714. The third-order valence-corrected chi connectivity index (χ3v) is 3.58. The topological polar surface area (TPSA) is 64.3 Å². The molecule has 5 heteroatoms. The minimum atomic E-state index is 0.593. The van der Waals surface area contributed by atoms with Gasteiger partial charge in [0.1, 0.15) is 12.1 Å². The average Bonchev–Trinajstić information content (AvgIpc) is 2.94. The van der Waals surface area contributed by atoms with Gasteiger partial charge in [0.2, 0.25) is 5.88 Å². The first-order valence-electron chi connectivity index (χ1n) is 7.26. The Kier molecular flexibility index (Phi) is 5.39. The summed E-state index contributed by atoms with van der Waals surface area (Å²) in [6, 6.07) is 2.54. The third kappa shape index (κ3) is 3.80. The van der Waals surface area contributed by atoms with Crippen molar-refractivity contribution in [2.45, 2.75) is 45.1 Å². The van der Waals surface area contributed by atoms with E-state index in [-0.39, 0.29) is 0 Å². The summed E-state index contributed by atoms with van der Waals surface area (Å²) in [6.45, 7) is 4.27. The number of nitrogens with zero attached hydrogens (tertiary/aromatic N) is 3. The van der Waals surface area contributed by atoms with E-state index in [2.05, 4.69) is 14.9 Å². The fourth-order valence-electron chi connectivity index (χ4n) is 2.68. The summed E-state index contributed by atoms with van der Waals surface area (Å²) >= 11 is 0. The first kappa shape index (κ1) is 14.1. The largest absolute Gasteiger partial charge is 0.478 e. The van der Waals surface area contributed by atoms with E-state index in [0.717, 1.165) is 18.8 Å². The van der Waals surface area contributed by atoms with E-state index < -0.39 is 0 Å². The van der Waals surface area contributed by atoms with Gasteiger partial charge < -0.3 is 15.4 Å². The summed E-state index contributed by atoms with van der Waals surface area (Å²) < 4.78 is 5.46. The van der Waals surface area contributed by atoms with E-state index in [0.29, 0.717) is 25.1 Å². The minimum Gasteiger partial charge on any atom is -0.478 e. The zero-order valence-corrected chi connectivity index (χ0v) is 11.7. The van der Waals surface area contributed by atoms with Gasteiger partial charge in [-0.15, -0.1) is 0 Å². The molecule has 0 radical (unpaired) electrons. The highest BCUT2D eigenvalue weighted by atomic mass is 16.5. The van der Waals surface area contributed by atoms with Gasteiger partial charge in [0, 0.05) is 18.7 Å². The molecule has 0 spiro atoms. The number of ether oxygens (including phenoxy) is 1. The molecule has 1 aromatic rings. The second-order valence-corrected chi connectivity index (χ2v) is 4.92. The van der Waals surface area contributed by atoms with Crippen LogP contribution in [0.3, 0.4) is 0 Å². The number of nitrogens with two attached hydrogens (primary N) is 1. The van der Waals surface area contributed by atoms with Crippen molar-refractivity contribution in [3.8, 4) is 5.88 Å². The van der Waals surface area contributed by atoms with Gasteiger partial charge in [-0.25, -0.2) is 9.97 Å². The van der Waals surface area contributed by atoms with Crippen molar-refractivity contribution in [3.05, 3.63) is 12.4 Å². The Bertz CT molecular complexity index is 379. The maximum absolute atomic E-state index is 5.65. The van der Waals surface area contributed by atoms with Crippen molar-refractivity contribution in [1.29, 1.82) is 0 Å². The van der Waals surface area contributed by atoms with Crippen molar-refractivity contribution in [2.75, 3.05) is 24.6 Å². The zero-order chi connectivity index (χ0) is 13.5. The van der Waals surface area contributed by atoms with Crippen LogP contribution in [0.25, 0.3) is 0 Å². The highest BCUT2D eigenvalue weighted by Gasteiger charge is 2.23. The van der Waals surface area contributed by atoms with Gasteiger partial charge in [-0.3, -0.25) is 0 Å². The summed E-state index contributed by atoms with van der Waals surface area (Å²) in [5.41, 5.74) is 5.65. The maximum atomic E-state index is 5.65. The molecule has 0 unspecified atom stereocenters. The molecule has 19 heavy (non-hydrogen) atoms. The molecule has 0 aromatic carbocycles. The molecule has 1 heterocycles. The van der Waals surface area contributed by atoms with Crippen LogP contribution >= 0.6 is 0 Å². The Morgan fingerprint density at radius 1 is 1.37 bits per heavy atom. The lowest BCUT2D eigenvalue weighted by Gasteiger charge is -2.30. The lowest BCUT2D eigenvalue weighted by Crippen LogP contribution is -2.35. The predicted molar refractivity (Wildman–Crippen MR) is 76.5 cm³/mol. The van der Waals surface area contributed by atoms with Gasteiger partial charge in [0.25, 0.3) is 0 Å². The Labute approximate surface area is 115 Å². The highest BCUT2D eigenvalue weighted by molar-refractivity contribution is 5.42. The number of anilines is 1. The lowest BCUT2D eigenvalue weighted by atomic mass is 10.2. The van der Waals surface area contributed by atoms with Crippen LogP contribution in [0, 0.1) is 0 Å². The van der Waals surface area contributed by atoms with Crippen LogP contribution in [0.2, 0.25) is 0 Å². The molecular formula is C14H24N4O. The predicted octanol–water partition coefficient (Wildman–Crippen LogP) is 1.97. The molecule has 106 valence electrons. The van der Waals surface area contributed by atoms with Crippen LogP contribution in [0.5, 0.6) is 5.88 Å². The maximum Gasteiger partial charge on any atom is 0.218 e. The molecule has 0 amide bonds. The van der Waals surface area contributed by atoms with Crippen molar-refractivity contribution in [3.63, 3.8) is 0 Å². The highest BCUT2D eigenvalue weighted by Crippen LogP contribution is 2.28. The molecule has 1 aliphatic carbocycles. The Morgan fingerprint density at radius 2 is 2.16 bits per heavy atom. The van der Waals surface area contributed by atoms with Crippen LogP contribution in [0.1, 0.15) is 39.0 Å². The lowest BCUT2D eigenvalue weighted by molar-refractivity contribution is 0.326. The van der Waals surface area contributed by atoms with E-state index in [1.807, 2.05) is 13.0 Å². The summed E-state index contributed by atoms with van der Waals surface area (Å²) in [4.78, 5) is 10.9. The van der Waals surface area contributed by atoms with Crippen LogP contribution in [-0.2, 0) is 0 Å². The summed E-state index contributed by atoms with van der Waals surface area (Å²) in [5.74, 6) is 1.63. The van der Waals surface area contributed by atoms with Gasteiger partial charge in [-0.1, -0.05) is 12.8 Å². The van der Waals surface area contributed by atoms with Crippen molar-refractivity contribution in [1.82, 2.24) is 9.97 Å². The number of hydrogen-bond donors (Lipinski definition) is 1. The summed E-state index contributed by atoms with van der Waals surface area (Å²) in [5, 5.41) is 0. The fourth-order valence-corrected chi connectivity index (χ4v) is 2.68.